The topological polar surface area (TPSA) is 64.8 Å². The van der Waals surface area contributed by atoms with Crippen molar-refractivity contribution in [3.05, 3.63) is 17.5 Å². The van der Waals surface area contributed by atoms with Gasteiger partial charge in [0.05, 0.1) is 17.8 Å². The fourth-order valence-corrected chi connectivity index (χ4v) is 4.04. The summed E-state index contributed by atoms with van der Waals surface area (Å²) in [7, 11) is 2.13. The molecule has 4 rings (SSSR count). The lowest BCUT2D eigenvalue weighted by Gasteiger charge is -2.37. The van der Waals surface area contributed by atoms with Crippen molar-refractivity contribution in [2.45, 2.75) is 44.4 Å². The number of amides is 1. The molecular weight excluding hydrogens is 318 g/mol. The number of likely N-dealkylation sites (tertiary alicyclic amines) is 1. The Morgan fingerprint density at radius 2 is 1.96 bits per heavy atom. The summed E-state index contributed by atoms with van der Waals surface area (Å²) in [6, 6.07) is 2.03. The molecule has 3 heterocycles. The van der Waals surface area contributed by atoms with Gasteiger partial charge in [-0.3, -0.25) is 14.4 Å². The quantitative estimate of drug-likeness (QED) is 0.844. The minimum atomic E-state index is -0.465. The van der Waals surface area contributed by atoms with Crippen molar-refractivity contribution in [1.29, 1.82) is 0 Å². The molecule has 3 fully saturated rings. The first-order valence-corrected chi connectivity index (χ1v) is 9.54. The Bertz CT molecular complexity index is 633. The lowest BCUT2D eigenvalue weighted by Crippen LogP contribution is -2.52. The van der Waals surface area contributed by atoms with Gasteiger partial charge in [0, 0.05) is 51.7 Å². The molecule has 1 aromatic rings. The summed E-state index contributed by atoms with van der Waals surface area (Å²) in [4.78, 5) is 19.5. The molecule has 1 N–H and O–H groups in total. The molecule has 1 aliphatic carbocycles. The third-order valence-electron chi connectivity index (χ3n) is 5.87. The number of β-amino-alcohol motifs (C(OH)–C–C–N with tert-alkyl or cyclic N) is 1. The summed E-state index contributed by atoms with van der Waals surface area (Å²) in [5, 5.41) is 15.1. The van der Waals surface area contributed by atoms with Gasteiger partial charge in [0.1, 0.15) is 5.69 Å². The van der Waals surface area contributed by atoms with Crippen molar-refractivity contribution in [1.82, 2.24) is 24.5 Å². The van der Waals surface area contributed by atoms with Crippen LogP contribution in [0.25, 0.3) is 0 Å². The van der Waals surface area contributed by atoms with Crippen LogP contribution in [0.1, 0.15) is 41.9 Å². The summed E-state index contributed by atoms with van der Waals surface area (Å²) in [5.41, 5.74) is 1.73. The van der Waals surface area contributed by atoms with E-state index in [1.165, 1.54) is 12.8 Å². The number of likely N-dealkylation sites (N-methyl/N-ethyl adjacent to an activating group) is 1. The molecule has 7 heteroatoms. The van der Waals surface area contributed by atoms with Gasteiger partial charge >= 0.3 is 0 Å². The van der Waals surface area contributed by atoms with Crippen molar-refractivity contribution in [2.24, 2.45) is 0 Å². The van der Waals surface area contributed by atoms with E-state index in [0.717, 1.165) is 31.9 Å². The van der Waals surface area contributed by atoms with E-state index in [0.29, 0.717) is 31.2 Å². The Morgan fingerprint density at radius 1 is 1.24 bits per heavy atom. The Labute approximate surface area is 149 Å². The van der Waals surface area contributed by atoms with Crippen LogP contribution < -0.4 is 0 Å². The van der Waals surface area contributed by atoms with E-state index in [9.17, 15) is 9.90 Å². The van der Waals surface area contributed by atoms with E-state index < -0.39 is 6.10 Å². The third-order valence-corrected chi connectivity index (χ3v) is 5.87. The number of hydrogen-bond donors (Lipinski definition) is 1. The van der Waals surface area contributed by atoms with Crippen LogP contribution in [0.2, 0.25) is 0 Å². The predicted octanol–water partition coefficient (Wildman–Crippen LogP) is 0.213. The molecule has 2 aliphatic heterocycles. The first-order valence-electron chi connectivity index (χ1n) is 9.54. The maximum Gasteiger partial charge on any atom is 0.272 e. The minimum absolute atomic E-state index is 0.0110. The maximum absolute atomic E-state index is 13.0. The average molecular weight is 347 g/mol. The fourth-order valence-electron chi connectivity index (χ4n) is 4.04. The Hall–Kier alpha value is -1.44. The lowest BCUT2D eigenvalue weighted by atomic mass is 10.1. The molecule has 2 saturated heterocycles. The van der Waals surface area contributed by atoms with E-state index in [2.05, 4.69) is 21.9 Å². The van der Waals surface area contributed by atoms with Crippen LogP contribution in [0.4, 0.5) is 0 Å². The smallest absolute Gasteiger partial charge is 0.272 e. The van der Waals surface area contributed by atoms with Crippen molar-refractivity contribution in [3.8, 4) is 0 Å². The van der Waals surface area contributed by atoms with Crippen LogP contribution in [0.15, 0.2) is 6.07 Å². The molecule has 2 atom stereocenters. The van der Waals surface area contributed by atoms with Crippen LogP contribution in [0, 0.1) is 0 Å². The van der Waals surface area contributed by atoms with Crippen LogP contribution in [-0.2, 0) is 6.54 Å². The molecule has 7 nitrogen and oxygen atoms in total. The molecule has 0 unspecified atom stereocenters. The van der Waals surface area contributed by atoms with Crippen molar-refractivity contribution < 1.29 is 9.90 Å². The van der Waals surface area contributed by atoms with E-state index in [4.69, 9.17) is 0 Å². The van der Waals surface area contributed by atoms with Gasteiger partial charge in [-0.15, -0.1) is 0 Å². The predicted molar refractivity (Wildman–Crippen MR) is 94.6 cm³/mol. The summed E-state index contributed by atoms with van der Waals surface area (Å²) in [5.74, 6) is 0.554. The van der Waals surface area contributed by atoms with Crippen LogP contribution in [-0.4, -0.2) is 94.0 Å². The summed E-state index contributed by atoms with van der Waals surface area (Å²) in [6.07, 6.45) is 1.90. The second-order valence-corrected chi connectivity index (χ2v) is 7.73. The summed E-state index contributed by atoms with van der Waals surface area (Å²) >= 11 is 0. The van der Waals surface area contributed by atoms with Gasteiger partial charge in [0.25, 0.3) is 5.91 Å². The van der Waals surface area contributed by atoms with Crippen LogP contribution in [0.3, 0.4) is 0 Å². The van der Waals surface area contributed by atoms with Crippen molar-refractivity contribution in [2.75, 3.05) is 46.3 Å². The number of nitrogens with zero attached hydrogens (tertiary/aromatic N) is 5. The molecule has 1 saturated carbocycles. The van der Waals surface area contributed by atoms with Crippen molar-refractivity contribution in [3.63, 3.8) is 0 Å². The first-order chi connectivity index (χ1) is 12.1. The molecule has 3 aliphatic rings. The summed E-state index contributed by atoms with van der Waals surface area (Å²) in [6.45, 7) is 7.70. The number of aryl methyl sites for hydroxylation is 1. The average Bonchev–Trinajstić information content (AvgIpc) is 3.26. The molecule has 0 bridgehead atoms. The van der Waals surface area contributed by atoms with Gasteiger partial charge in [0.15, 0.2) is 0 Å². The second kappa shape index (κ2) is 6.70. The van der Waals surface area contributed by atoms with E-state index >= 15 is 0 Å². The normalized spacial score (nSPS) is 28.7. The highest BCUT2D eigenvalue weighted by Crippen LogP contribution is 2.39. The van der Waals surface area contributed by atoms with Crippen LogP contribution >= 0.6 is 0 Å². The number of rotatable bonds is 4. The monoisotopic (exact) mass is 347 g/mol. The molecule has 1 amide bonds. The molecule has 0 radical (unpaired) electrons. The molecular formula is C18H29N5O2. The summed E-state index contributed by atoms with van der Waals surface area (Å²) < 4.78 is 1.82. The number of piperazine rings is 1. The van der Waals surface area contributed by atoms with E-state index in [1.807, 2.05) is 22.6 Å². The number of hydrogen-bond acceptors (Lipinski definition) is 5. The van der Waals surface area contributed by atoms with E-state index in [-0.39, 0.29) is 11.9 Å². The Kier molecular flexibility index (Phi) is 4.56. The largest absolute Gasteiger partial charge is 0.390 e. The molecule has 1 aromatic heterocycles. The lowest BCUT2D eigenvalue weighted by molar-refractivity contribution is 0.0512. The zero-order valence-electron chi connectivity index (χ0n) is 15.3. The zero-order valence-corrected chi connectivity index (χ0v) is 15.3. The molecule has 138 valence electrons. The van der Waals surface area contributed by atoms with Gasteiger partial charge in [-0.05, 0) is 32.9 Å². The number of aliphatic hydroxyl groups is 1. The fraction of sp³-hybridized carbons (Fsp3) is 0.778. The number of carbonyl (C=O) groups excluding carboxylic acids is 1. The van der Waals surface area contributed by atoms with Gasteiger partial charge < -0.3 is 14.9 Å². The third kappa shape index (κ3) is 3.32. The Morgan fingerprint density at radius 3 is 2.60 bits per heavy atom. The molecule has 0 aromatic carbocycles. The number of carbonyl (C=O) groups is 1. The van der Waals surface area contributed by atoms with Gasteiger partial charge in [-0.1, -0.05) is 0 Å². The highest BCUT2D eigenvalue weighted by atomic mass is 16.3. The Balaban J connectivity index is 1.46. The first kappa shape index (κ1) is 17.0. The number of aromatic nitrogens is 2. The van der Waals surface area contributed by atoms with Crippen molar-refractivity contribution >= 4 is 5.91 Å². The highest BCUT2D eigenvalue weighted by Gasteiger charge is 2.39. The minimum Gasteiger partial charge on any atom is -0.390 e. The van der Waals surface area contributed by atoms with Crippen LogP contribution in [0.5, 0.6) is 0 Å². The zero-order chi connectivity index (χ0) is 17.6. The van der Waals surface area contributed by atoms with Gasteiger partial charge in [-0.2, -0.15) is 5.10 Å². The molecule has 25 heavy (non-hydrogen) atoms. The second-order valence-electron chi connectivity index (χ2n) is 7.73. The SMILES string of the molecule is CCn1nc(C2CC2)cc1C(=O)N1C[C@@H](O)[C@H](N2CCN(C)CC2)C1. The molecule has 0 spiro atoms. The highest BCUT2D eigenvalue weighted by molar-refractivity contribution is 5.93. The standard InChI is InChI=1S/C18H29N5O2/c1-3-23-15(10-14(19-23)13-4-5-13)18(25)22-11-16(17(24)12-22)21-8-6-20(2)7-9-21/h10,13,16-17,24H,3-9,11-12H2,1-2H3/t16-,17-/m1/s1. The van der Waals surface area contributed by atoms with E-state index in [1.54, 1.807) is 0 Å². The van der Waals surface area contributed by atoms with Gasteiger partial charge in [0.2, 0.25) is 0 Å². The number of aliphatic hydroxyl groups excluding tert-OH is 1. The van der Waals surface area contributed by atoms with Gasteiger partial charge in [-0.25, -0.2) is 0 Å². The maximum atomic E-state index is 13.0.